The number of carbonyl (C=O) groups excluding carboxylic acids is 1. The summed E-state index contributed by atoms with van der Waals surface area (Å²) in [6.45, 7) is 0. The number of rotatable bonds is 1. The Balaban J connectivity index is 2.31. The molecule has 0 N–H and O–H groups in total. The predicted octanol–water partition coefficient (Wildman–Crippen LogP) is -0.895. The first-order valence-electron chi connectivity index (χ1n) is 1.87. The van der Waals surface area contributed by atoms with Crippen molar-refractivity contribution >= 4 is 5.97 Å². The van der Waals surface area contributed by atoms with Gasteiger partial charge < -0.3 is 9.90 Å². The second-order valence-electron chi connectivity index (χ2n) is 1.39. The maximum Gasteiger partial charge on any atom is 0.247 e. The van der Waals surface area contributed by atoms with Crippen molar-refractivity contribution in [2.45, 2.75) is 12.8 Å². The molecule has 0 radical (unpaired) electrons. The summed E-state index contributed by atoms with van der Waals surface area (Å²) >= 11 is 0. The molecule has 0 atom stereocenters. The van der Waals surface area contributed by atoms with Crippen LogP contribution in [0.1, 0.15) is 12.8 Å². The van der Waals surface area contributed by atoms with Crippen molar-refractivity contribution < 1.29 is 9.90 Å². The zero-order valence-corrected chi connectivity index (χ0v) is 3.23. The quantitative estimate of drug-likeness (QED) is 0.386. The van der Waals surface area contributed by atoms with Gasteiger partial charge >= 0.3 is 0 Å². The molecule has 0 aromatic carbocycles. The number of hydrogen-bond donors (Lipinski definition) is 0. The molecule has 0 aromatic rings. The van der Waals surface area contributed by atoms with Crippen molar-refractivity contribution in [3.8, 4) is 0 Å². The van der Waals surface area contributed by atoms with Crippen LogP contribution >= 0.6 is 0 Å². The molecular formula is C4H4O2. The first-order chi connectivity index (χ1) is 2.80. The van der Waals surface area contributed by atoms with Gasteiger partial charge in [0.1, 0.15) is 12.8 Å². The van der Waals surface area contributed by atoms with Crippen LogP contribution in [-0.2, 0) is 4.79 Å². The van der Waals surface area contributed by atoms with E-state index < -0.39 is 5.97 Å². The molecule has 1 saturated carbocycles. The molecular weight excluding hydrogens is 80.0 g/mol. The molecule has 0 aromatic heterocycles. The average Bonchev–Trinajstić information content (AvgIpc) is 2.06. The third-order valence-electron chi connectivity index (χ3n) is 0.789. The van der Waals surface area contributed by atoms with E-state index in [1.807, 2.05) is 0 Å². The van der Waals surface area contributed by atoms with Crippen molar-refractivity contribution in [1.82, 2.24) is 0 Å². The lowest BCUT2D eigenvalue weighted by atomic mass is 10.5. The lowest BCUT2D eigenvalue weighted by Gasteiger charge is -1.76. The summed E-state index contributed by atoms with van der Waals surface area (Å²) in [5.41, 5.74) is 0. The van der Waals surface area contributed by atoms with Gasteiger partial charge in [-0.3, -0.25) is 0 Å². The van der Waals surface area contributed by atoms with Crippen LogP contribution in [0.3, 0.4) is 0 Å². The molecule has 0 amide bonds. The summed E-state index contributed by atoms with van der Waals surface area (Å²) in [4.78, 5) is 9.61. The van der Waals surface area contributed by atoms with E-state index in [0.717, 1.165) is 12.8 Å². The lowest BCUT2D eigenvalue weighted by molar-refractivity contribution is -0.300. The Bertz CT molecular complexity index is 73.6. The van der Waals surface area contributed by atoms with Gasteiger partial charge in [-0.15, -0.1) is 0 Å². The monoisotopic (exact) mass is 84.0 g/mol. The SMILES string of the molecule is O=C([O-])[C+]1CC1. The van der Waals surface area contributed by atoms with Gasteiger partial charge in [-0.1, -0.05) is 0 Å². The second-order valence-corrected chi connectivity index (χ2v) is 1.39. The Morgan fingerprint density at radius 3 is 2.17 bits per heavy atom. The topological polar surface area (TPSA) is 40.1 Å². The van der Waals surface area contributed by atoms with E-state index >= 15 is 0 Å². The van der Waals surface area contributed by atoms with Crippen molar-refractivity contribution in [3.05, 3.63) is 5.92 Å². The minimum Gasteiger partial charge on any atom is -0.508 e. The van der Waals surface area contributed by atoms with Crippen LogP contribution in [0.4, 0.5) is 0 Å². The molecule has 0 spiro atoms. The number of carboxylic acids is 1. The zero-order chi connectivity index (χ0) is 4.57. The van der Waals surface area contributed by atoms with Gasteiger partial charge in [0.25, 0.3) is 0 Å². The molecule has 1 aliphatic rings. The summed E-state index contributed by atoms with van der Waals surface area (Å²) in [6.07, 6.45) is 1.50. The van der Waals surface area contributed by atoms with Crippen molar-refractivity contribution in [2.75, 3.05) is 0 Å². The molecule has 0 aliphatic heterocycles. The summed E-state index contributed by atoms with van der Waals surface area (Å²) in [5.74, 6) is -0.398. The Morgan fingerprint density at radius 1 is 1.67 bits per heavy atom. The molecule has 1 aliphatic carbocycles. The van der Waals surface area contributed by atoms with Crippen LogP contribution in [0.5, 0.6) is 0 Å². The van der Waals surface area contributed by atoms with Crippen LogP contribution in [0.25, 0.3) is 0 Å². The van der Waals surface area contributed by atoms with Crippen LogP contribution in [0, 0.1) is 5.92 Å². The van der Waals surface area contributed by atoms with E-state index in [1.54, 1.807) is 0 Å². The van der Waals surface area contributed by atoms with Crippen molar-refractivity contribution in [1.29, 1.82) is 0 Å². The minimum absolute atomic E-state index is 0.565. The Hall–Kier alpha value is -0.660. The van der Waals surface area contributed by atoms with E-state index in [2.05, 4.69) is 0 Å². The first kappa shape index (κ1) is 3.53. The molecule has 6 heavy (non-hydrogen) atoms. The number of carbonyl (C=O) groups is 1. The maximum absolute atomic E-state index is 9.61. The number of hydrogen-bond acceptors (Lipinski definition) is 2. The number of aliphatic carboxylic acids is 1. The largest absolute Gasteiger partial charge is 0.508 e. The zero-order valence-electron chi connectivity index (χ0n) is 3.23. The van der Waals surface area contributed by atoms with Crippen LogP contribution in [0.2, 0.25) is 0 Å². The molecule has 32 valence electrons. The Morgan fingerprint density at radius 2 is 2.17 bits per heavy atom. The second kappa shape index (κ2) is 0.899. The third-order valence-corrected chi connectivity index (χ3v) is 0.789. The Labute approximate surface area is 35.8 Å². The first-order valence-corrected chi connectivity index (χ1v) is 1.87. The molecule has 0 unspecified atom stereocenters. The van der Waals surface area contributed by atoms with Gasteiger partial charge in [-0.05, 0) is 0 Å². The summed E-state index contributed by atoms with van der Waals surface area (Å²) in [5, 5.41) is 9.61. The average molecular weight is 84.1 g/mol. The van der Waals surface area contributed by atoms with Gasteiger partial charge in [0.15, 0.2) is 5.92 Å². The van der Waals surface area contributed by atoms with Gasteiger partial charge in [-0.25, -0.2) is 0 Å². The molecule has 2 nitrogen and oxygen atoms in total. The van der Waals surface area contributed by atoms with Crippen LogP contribution in [0.15, 0.2) is 0 Å². The van der Waals surface area contributed by atoms with Crippen LogP contribution in [-0.4, -0.2) is 5.97 Å². The van der Waals surface area contributed by atoms with Gasteiger partial charge in [0, 0.05) is 0 Å². The van der Waals surface area contributed by atoms with E-state index in [0.29, 0.717) is 5.92 Å². The highest BCUT2D eigenvalue weighted by molar-refractivity contribution is 5.84. The lowest BCUT2D eigenvalue weighted by Crippen LogP contribution is -2.22. The minimum atomic E-state index is -0.963. The van der Waals surface area contributed by atoms with Gasteiger partial charge in [0.2, 0.25) is 5.97 Å². The van der Waals surface area contributed by atoms with E-state index in [-0.39, 0.29) is 0 Å². The smallest absolute Gasteiger partial charge is 0.247 e. The van der Waals surface area contributed by atoms with Gasteiger partial charge in [-0.2, -0.15) is 0 Å². The highest BCUT2D eigenvalue weighted by Gasteiger charge is 2.38. The van der Waals surface area contributed by atoms with Crippen molar-refractivity contribution in [3.63, 3.8) is 0 Å². The highest BCUT2D eigenvalue weighted by Crippen LogP contribution is 2.30. The standard InChI is InChI=1S/C4H4O2/c5-4(6)3-1-2-3/h1-2H2. The van der Waals surface area contributed by atoms with E-state index in [9.17, 15) is 9.90 Å². The summed E-state index contributed by atoms with van der Waals surface area (Å²) in [6, 6.07) is 0. The molecule has 1 fully saturated rings. The van der Waals surface area contributed by atoms with Crippen LogP contribution < -0.4 is 5.11 Å². The summed E-state index contributed by atoms with van der Waals surface area (Å²) in [7, 11) is 0. The number of carboxylic acid groups (broad SMARTS) is 1. The molecule has 0 saturated heterocycles. The van der Waals surface area contributed by atoms with Crippen molar-refractivity contribution in [2.24, 2.45) is 0 Å². The fourth-order valence-electron chi connectivity index (χ4n) is 0.267. The maximum atomic E-state index is 9.61. The van der Waals surface area contributed by atoms with E-state index in [1.165, 1.54) is 0 Å². The Kier molecular flexibility index (Phi) is 0.528. The molecule has 0 bridgehead atoms. The fourth-order valence-corrected chi connectivity index (χ4v) is 0.267. The van der Waals surface area contributed by atoms with E-state index in [4.69, 9.17) is 0 Å². The molecule has 2 heteroatoms. The fraction of sp³-hybridized carbons (Fsp3) is 0.500. The molecule has 1 rings (SSSR count). The summed E-state index contributed by atoms with van der Waals surface area (Å²) < 4.78 is 0. The third kappa shape index (κ3) is 0.455. The van der Waals surface area contributed by atoms with Gasteiger partial charge in [0.05, 0.1) is 0 Å². The highest BCUT2D eigenvalue weighted by atomic mass is 16.4. The normalized spacial score (nSPS) is 17.7. The predicted molar refractivity (Wildman–Crippen MR) is 17.5 cm³/mol. The molecule has 0 heterocycles.